The maximum Gasteiger partial charge on any atom is 0.224 e. The van der Waals surface area contributed by atoms with Crippen LogP contribution in [0.3, 0.4) is 0 Å². The fourth-order valence-corrected chi connectivity index (χ4v) is 4.25. The van der Waals surface area contributed by atoms with Crippen molar-refractivity contribution in [1.29, 1.82) is 0 Å². The van der Waals surface area contributed by atoms with Crippen molar-refractivity contribution in [2.45, 2.75) is 31.8 Å². The molecule has 2 atom stereocenters. The normalized spacial score (nSPS) is 17.9. The van der Waals surface area contributed by atoms with Crippen LogP contribution >= 0.6 is 0 Å². The lowest BCUT2D eigenvalue weighted by Gasteiger charge is -2.37. The number of likely N-dealkylation sites (tertiary alicyclic amines) is 1. The number of rotatable bonds is 7. The highest BCUT2D eigenvalue weighted by Crippen LogP contribution is 2.29. The minimum Gasteiger partial charge on any atom is -0.347 e. The van der Waals surface area contributed by atoms with Gasteiger partial charge in [0.05, 0.1) is 18.2 Å². The van der Waals surface area contributed by atoms with Crippen molar-refractivity contribution in [3.8, 4) is 0 Å². The summed E-state index contributed by atoms with van der Waals surface area (Å²) in [6, 6.07) is 19.9. The molecule has 0 spiro atoms. The van der Waals surface area contributed by atoms with E-state index in [9.17, 15) is 4.79 Å². The van der Waals surface area contributed by atoms with Crippen LogP contribution in [0.1, 0.15) is 35.7 Å². The molecule has 1 amide bonds. The predicted molar refractivity (Wildman–Crippen MR) is 118 cm³/mol. The van der Waals surface area contributed by atoms with Crippen LogP contribution < -0.4 is 5.32 Å². The zero-order chi connectivity index (χ0) is 20.6. The van der Waals surface area contributed by atoms with Crippen molar-refractivity contribution in [1.82, 2.24) is 20.2 Å². The molecule has 1 N–H and O–H groups in total. The Hall–Kier alpha value is -3.05. The van der Waals surface area contributed by atoms with Crippen molar-refractivity contribution in [3.05, 3.63) is 96.1 Å². The summed E-state index contributed by atoms with van der Waals surface area (Å²) in [4.78, 5) is 24.0. The molecule has 1 aromatic carbocycles. The maximum absolute atomic E-state index is 12.9. The molecule has 0 radical (unpaired) electrons. The summed E-state index contributed by atoms with van der Waals surface area (Å²) in [6.45, 7) is 2.92. The summed E-state index contributed by atoms with van der Waals surface area (Å²) in [6.07, 6.45) is 8.09. The van der Waals surface area contributed by atoms with Crippen LogP contribution in [0.2, 0.25) is 0 Å². The largest absolute Gasteiger partial charge is 0.347 e. The van der Waals surface area contributed by atoms with Gasteiger partial charge in [0.1, 0.15) is 0 Å². The Bertz CT molecular complexity index is 918. The number of nitrogens with zero attached hydrogens (tertiary/aromatic N) is 3. The third-order valence-corrected chi connectivity index (χ3v) is 5.70. The van der Waals surface area contributed by atoms with Gasteiger partial charge in [-0.15, -0.1) is 0 Å². The molecule has 5 nitrogen and oxygen atoms in total. The van der Waals surface area contributed by atoms with Crippen LogP contribution in [0.4, 0.5) is 0 Å². The molecule has 5 heteroatoms. The smallest absolute Gasteiger partial charge is 0.224 e. The minimum absolute atomic E-state index is 0.0445. The van der Waals surface area contributed by atoms with Crippen LogP contribution in [-0.4, -0.2) is 33.9 Å². The molecule has 1 fully saturated rings. The maximum atomic E-state index is 12.9. The summed E-state index contributed by atoms with van der Waals surface area (Å²) >= 11 is 0. The molecule has 1 aliphatic rings. The Morgan fingerprint density at radius 1 is 1.00 bits per heavy atom. The summed E-state index contributed by atoms with van der Waals surface area (Å²) in [5.41, 5.74) is 3.24. The van der Waals surface area contributed by atoms with Gasteiger partial charge >= 0.3 is 0 Å². The zero-order valence-electron chi connectivity index (χ0n) is 17.2. The van der Waals surface area contributed by atoms with Crippen LogP contribution in [0.15, 0.2) is 79.3 Å². The topological polar surface area (TPSA) is 58.1 Å². The molecule has 154 valence electrons. The molecular weight excluding hydrogens is 372 g/mol. The molecule has 2 aromatic heterocycles. The molecule has 1 saturated heterocycles. The lowest BCUT2D eigenvalue weighted by molar-refractivity contribution is -0.121. The number of aromatic nitrogens is 2. The van der Waals surface area contributed by atoms with Gasteiger partial charge in [-0.05, 0) is 60.7 Å². The Morgan fingerprint density at radius 3 is 2.57 bits per heavy atom. The summed E-state index contributed by atoms with van der Waals surface area (Å²) in [7, 11) is 0. The number of pyridine rings is 2. The van der Waals surface area contributed by atoms with Gasteiger partial charge in [-0.2, -0.15) is 0 Å². The van der Waals surface area contributed by atoms with E-state index in [1.807, 2.05) is 67.1 Å². The van der Waals surface area contributed by atoms with E-state index in [1.165, 1.54) is 5.56 Å². The van der Waals surface area contributed by atoms with Gasteiger partial charge in [0.2, 0.25) is 5.91 Å². The van der Waals surface area contributed by atoms with E-state index < -0.39 is 0 Å². The second kappa shape index (κ2) is 10.1. The standard InChI is InChI=1S/C25H28N4O/c30-24(17-20-7-2-1-3-8-20)28-25(23-10-4-5-13-27-23)22-9-6-16-29(19-22)18-21-11-14-26-15-12-21/h1-5,7-8,10-15,22,25H,6,9,16-19H2,(H,28,30)/t22-,25+/m0/s1. The van der Waals surface area contributed by atoms with E-state index in [1.54, 1.807) is 0 Å². The SMILES string of the molecule is O=C(Cc1ccccc1)N[C@@H](c1ccccn1)[C@H]1CCCN(Cc2ccncc2)C1. The van der Waals surface area contributed by atoms with E-state index >= 15 is 0 Å². The number of hydrogen-bond donors (Lipinski definition) is 1. The van der Waals surface area contributed by atoms with Gasteiger partial charge in [-0.25, -0.2) is 0 Å². The number of hydrogen-bond acceptors (Lipinski definition) is 4. The first-order valence-electron chi connectivity index (χ1n) is 10.6. The number of carbonyl (C=O) groups is 1. The summed E-state index contributed by atoms with van der Waals surface area (Å²) < 4.78 is 0. The minimum atomic E-state index is -0.0809. The second-order valence-corrected chi connectivity index (χ2v) is 7.96. The monoisotopic (exact) mass is 400 g/mol. The van der Waals surface area contributed by atoms with Crippen LogP contribution in [0, 0.1) is 5.92 Å². The van der Waals surface area contributed by atoms with Crippen LogP contribution in [-0.2, 0) is 17.8 Å². The van der Waals surface area contributed by atoms with Crippen molar-refractivity contribution >= 4 is 5.91 Å². The Morgan fingerprint density at radius 2 is 1.80 bits per heavy atom. The highest BCUT2D eigenvalue weighted by molar-refractivity contribution is 5.79. The van der Waals surface area contributed by atoms with E-state index in [0.717, 1.165) is 43.7 Å². The number of nitrogens with one attached hydrogen (secondary N) is 1. The zero-order valence-corrected chi connectivity index (χ0v) is 17.2. The molecule has 3 heterocycles. The molecular formula is C25H28N4O. The molecule has 1 aliphatic heterocycles. The highest BCUT2D eigenvalue weighted by atomic mass is 16.1. The van der Waals surface area contributed by atoms with E-state index in [4.69, 9.17) is 0 Å². The number of piperidine rings is 1. The predicted octanol–water partition coefficient (Wildman–Crippen LogP) is 3.79. The summed E-state index contributed by atoms with van der Waals surface area (Å²) in [5.74, 6) is 0.373. The first kappa shape index (κ1) is 20.2. The lowest BCUT2D eigenvalue weighted by atomic mass is 9.88. The Kier molecular flexibility index (Phi) is 6.83. The van der Waals surface area contributed by atoms with Gasteiger partial charge in [-0.3, -0.25) is 19.7 Å². The van der Waals surface area contributed by atoms with Crippen molar-refractivity contribution < 1.29 is 4.79 Å². The molecule has 3 aromatic rings. The lowest BCUT2D eigenvalue weighted by Crippen LogP contribution is -2.43. The number of benzene rings is 1. The summed E-state index contributed by atoms with van der Waals surface area (Å²) in [5, 5.41) is 3.30. The molecule has 0 unspecified atom stereocenters. The average molecular weight is 401 g/mol. The average Bonchev–Trinajstić information content (AvgIpc) is 2.80. The van der Waals surface area contributed by atoms with Gasteiger partial charge in [0.15, 0.2) is 0 Å². The third-order valence-electron chi connectivity index (χ3n) is 5.70. The fraction of sp³-hybridized carbons (Fsp3) is 0.320. The van der Waals surface area contributed by atoms with E-state index in [-0.39, 0.29) is 11.9 Å². The first-order chi connectivity index (χ1) is 14.8. The molecule has 0 aliphatic carbocycles. The highest BCUT2D eigenvalue weighted by Gasteiger charge is 2.30. The second-order valence-electron chi connectivity index (χ2n) is 7.96. The Labute approximate surface area is 178 Å². The van der Waals surface area contributed by atoms with Crippen molar-refractivity contribution in [3.63, 3.8) is 0 Å². The van der Waals surface area contributed by atoms with Gasteiger partial charge < -0.3 is 5.32 Å². The number of amides is 1. The van der Waals surface area contributed by atoms with Crippen LogP contribution in [0.5, 0.6) is 0 Å². The fourth-order valence-electron chi connectivity index (χ4n) is 4.25. The van der Waals surface area contributed by atoms with Crippen molar-refractivity contribution in [2.24, 2.45) is 5.92 Å². The van der Waals surface area contributed by atoms with Gasteiger partial charge in [0.25, 0.3) is 0 Å². The van der Waals surface area contributed by atoms with Gasteiger partial charge in [0, 0.05) is 31.7 Å². The number of carbonyl (C=O) groups excluding carboxylic acids is 1. The quantitative estimate of drug-likeness (QED) is 0.656. The first-order valence-corrected chi connectivity index (χ1v) is 10.6. The van der Waals surface area contributed by atoms with E-state index in [0.29, 0.717) is 12.3 Å². The third kappa shape index (κ3) is 5.51. The van der Waals surface area contributed by atoms with Gasteiger partial charge in [-0.1, -0.05) is 36.4 Å². The Balaban J connectivity index is 1.47. The van der Waals surface area contributed by atoms with E-state index in [2.05, 4.69) is 32.3 Å². The van der Waals surface area contributed by atoms with Crippen LogP contribution in [0.25, 0.3) is 0 Å². The molecule has 30 heavy (non-hydrogen) atoms. The molecule has 0 saturated carbocycles. The molecule has 4 rings (SSSR count). The molecule has 0 bridgehead atoms. The van der Waals surface area contributed by atoms with Crippen molar-refractivity contribution in [2.75, 3.05) is 13.1 Å².